The van der Waals surface area contributed by atoms with Gasteiger partial charge in [-0.15, -0.1) is 0 Å². The number of morpholine rings is 1. The van der Waals surface area contributed by atoms with Gasteiger partial charge in [-0.1, -0.05) is 6.42 Å². The smallest absolute Gasteiger partial charge is 0.268 e. The number of hydrogen-bond donors (Lipinski definition) is 1. The first-order chi connectivity index (χ1) is 10.0. The Morgan fingerprint density at radius 1 is 1.38 bits per heavy atom. The molecule has 0 N–H and O–H groups in total. The number of aromatic nitrogens is 2. The van der Waals surface area contributed by atoms with Gasteiger partial charge in [0.05, 0.1) is 24.1 Å². The van der Waals surface area contributed by atoms with Gasteiger partial charge in [0.1, 0.15) is 0 Å². The fourth-order valence-corrected chi connectivity index (χ4v) is 2.78. The van der Waals surface area contributed by atoms with Gasteiger partial charge in [-0.3, -0.25) is 4.79 Å². The lowest BCUT2D eigenvalue weighted by atomic mass is 10.1. The number of anilines is 1. The van der Waals surface area contributed by atoms with Crippen LogP contribution in [0.2, 0.25) is 0 Å². The van der Waals surface area contributed by atoms with Crippen molar-refractivity contribution in [3.63, 3.8) is 0 Å². The number of ether oxygens (including phenoxy) is 1. The van der Waals surface area contributed by atoms with Gasteiger partial charge < -0.3 is 9.64 Å². The van der Waals surface area contributed by atoms with Crippen LogP contribution in [0.1, 0.15) is 33.1 Å². The molecule has 118 valence electrons. The zero-order valence-corrected chi connectivity index (χ0v) is 13.8. The Bertz CT molecular complexity index is 516. The summed E-state index contributed by atoms with van der Waals surface area (Å²) in [6.07, 6.45) is 4.93. The Morgan fingerprint density at radius 3 is 2.86 bits per heavy atom. The SMILES string of the molecule is CC1(C)CN(c2cnn(CCCCCS)c(=O)c2)CCO1. The molecule has 1 aromatic heterocycles. The molecule has 0 bridgehead atoms. The van der Waals surface area contributed by atoms with Gasteiger partial charge in [0, 0.05) is 25.7 Å². The Hall–Kier alpha value is -1.01. The van der Waals surface area contributed by atoms with Gasteiger partial charge in [0.15, 0.2) is 0 Å². The van der Waals surface area contributed by atoms with E-state index in [9.17, 15) is 4.79 Å². The molecule has 0 radical (unpaired) electrons. The highest BCUT2D eigenvalue weighted by molar-refractivity contribution is 7.80. The van der Waals surface area contributed by atoms with Crippen LogP contribution in [0, 0.1) is 0 Å². The fourth-order valence-electron chi connectivity index (χ4n) is 2.55. The van der Waals surface area contributed by atoms with Crippen LogP contribution < -0.4 is 10.5 Å². The van der Waals surface area contributed by atoms with E-state index in [-0.39, 0.29) is 11.2 Å². The van der Waals surface area contributed by atoms with Crippen LogP contribution in [0.4, 0.5) is 5.69 Å². The molecular weight excluding hydrogens is 286 g/mol. The van der Waals surface area contributed by atoms with Crippen molar-refractivity contribution in [2.75, 3.05) is 30.3 Å². The highest BCUT2D eigenvalue weighted by Crippen LogP contribution is 2.21. The van der Waals surface area contributed by atoms with E-state index in [1.54, 1.807) is 16.9 Å². The van der Waals surface area contributed by atoms with Crippen molar-refractivity contribution < 1.29 is 4.74 Å². The minimum Gasteiger partial charge on any atom is -0.372 e. The highest BCUT2D eigenvalue weighted by atomic mass is 32.1. The van der Waals surface area contributed by atoms with Gasteiger partial charge in [-0.2, -0.15) is 17.7 Å². The molecule has 0 aromatic carbocycles. The first-order valence-corrected chi connectivity index (χ1v) is 8.22. The third-order valence-corrected chi connectivity index (χ3v) is 3.99. The highest BCUT2D eigenvalue weighted by Gasteiger charge is 2.27. The summed E-state index contributed by atoms with van der Waals surface area (Å²) in [6, 6.07) is 1.69. The van der Waals surface area contributed by atoms with E-state index < -0.39 is 0 Å². The van der Waals surface area contributed by atoms with Crippen molar-refractivity contribution >= 4 is 18.3 Å². The molecule has 0 saturated carbocycles. The first-order valence-electron chi connectivity index (χ1n) is 7.59. The van der Waals surface area contributed by atoms with Crippen molar-refractivity contribution in [2.45, 2.75) is 45.3 Å². The molecule has 5 nitrogen and oxygen atoms in total. The summed E-state index contributed by atoms with van der Waals surface area (Å²) in [4.78, 5) is 14.3. The van der Waals surface area contributed by atoms with E-state index in [2.05, 4.69) is 36.5 Å². The maximum atomic E-state index is 12.1. The Balaban J connectivity index is 2.00. The first kappa shape index (κ1) is 16.4. The van der Waals surface area contributed by atoms with Gasteiger partial charge in [-0.25, -0.2) is 4.68 Å². The van der Waals surface area contributed by atoms with Gasteiger partial charge in [-0.05, 0) is 32.4 Å². The maximum absolute atomic E-state index is 12.1. The summed E-state index contributed by atoms with van der Waals surface area (Å²) in [5.74, 6) is 0.897. The summed E-state index contributed by atoms with van der Waals surface area (Å²) in [7, 11) is 0. The van der Waals surface area contributed by atoms with Crippen LogP contribution in [-0.4, -0.2) is 40.8 Å². The maximum Gasteiger partial charge on any atom is 0.268 e. The molecule has 6 heteroatoms. The lowest BCUT2D eigenvalue weighted by Gasteiger charge is -2.39. The third-order valence-electron chi connectivity index (χ3n) is 3.67. The van der Waals surface area contributed by atoms with E-state index in [0.717, 1.165) is 43.8 Å². The van der Waals surface area contributed by atoms with Crippen LogP contribution in [0.25, 0.3) is 0 Å². The van der Waals surface area contributed by atoms with Gasteiger partial charge >= 0.3 is 0 Å². The molecule has 1 saturated heterocycles. The second-order valence-corrected chi connectivity index (χ2v) is 6.54. The van der Waals surface area contributed by atoms with E-state index in [1.807, 2.05) is 0 Å². The second kappa shape index (κ2) is 7.31. The number of thiol groups is 1. The molecule has 1 aliphatic rings. The lowest BCUT2D eigenvalue weighted by molar-refractivity contribution is -0.0277. The molecular formula is C15H25N3O2S. The average molecular weight is 311 g/mol. The number of aryl methyl sites for hydroxylation is 1. The fraction of sp³-hybridized carbons (Fsp3) is 0.733. The Kier molecular flexibility index (Phi) is 5.70. The number of unbranched alkanes of at least 4 members (excludes halogenated alkanes) is 2. The summed E-state index contributed by atoms with van der Waals surface area (Å²) >= 11 is 4.19. The van der Waals surface area contributed by atoms with E-state index in [4.69, 9.17) is 4.74 Å². The second-order valence-electron chi connectivity index (χ2n) is 6.09. The number of rotatable bonds is 6. The van der Waals surface area contributed by atoms with Crippen LogP contribution in [0.15, 0.2) is 17.1 Å². The van der Waals surface area contributed by atoms with E-state index >= 15 is 0 Å². The minimum absolute atomic E-state index is 0.0253. The van der Waals surface area contributed by atoms with Gasteiger partial charge in [0.2, 0.25) is 0 Å². The normalized spacial score (nSPS) is 18.0. The zero-order valence-electron chi connectivity index (χ0n) is 12.9. The summed E-state index contributed by atoms with van der Waals surface area (Å²) in [5, 5.41) is 4.30. The van der Waals surface area contributed by atoms with Crippen molar-refractivity contribution in [3.8, 4) is 0 Å². The van der Waals surface area contributed by atoms with E-state index in [0.29, 0.717) is 13.2 Å². The number of hydrogen-bond acceptors (Lipinski definition) is 5. The molecule has 1 fully saturated rings. The standard InChI is InChI=1S/C15H25N3O2S/c1-15(2)12-17(7-8-20-15)13-10-14(19)18(16-11-13)6-4-3-5-9-21/h10-11,21H,3-9,12H2,1-2H3. The summed E-state index contributed by atoms with van der Waals surface area (Å²) < 4.78 is 7.24. The number of nitrogens with zero attached hydrogens (tertiary/aromatic N) is 3. The van der Waals surface area contributed by atoms with Crippen molar-refractivity contribution in [3.05, 3.63) is 22.6 Å². The minimum atomic E-state index is -0.181. The largest absolute Gasteiger partial charge is 0.372 e. The molecule has 2 rings (SSSR count). The van der Waals surface area contributed by atoms with Crippen LogP contribution in [0.5, 0.6) is 0 Å². The molecule has 0 spiro atoms. The van der Waals surface area contributed by atoms with E-state index in [1.165, 1.54) is 0 Å². The summed E-state index contributed by atoms with van der Waals surface area (Å²) in [5.41, 5.74) is 0.686. The topological polar surface area (TPSA) is 47.4 Å². The molecule has 2 heterocycles. The Labute approximate surface area is 131 Å². The van der Waals surface area contributed by atoms with Crippen molar-refractivity contribution in [2.24, 2.45) is 0 Å². The third kappa shape index (κ3) is 4.74. The Morgan fingerprint density at radius 2 is 2.19 bits per heavy atom. The summed E-state index contributed by atoms with van der Waals surface area (Å²) in [6.45, 7) is 7.07. The van der Waals surface area contributed by atoms with Crippen molar-refractivity contribution in [1.82, 2.24) is 9.78 Å². The van der Waals surface area contributed by atoms with Gasteiger partial charge in [0.25, 0.3) is 5.56 Å². The monoisotopic (exact) mass is 311 g/mol. The molecule has 0 atom stereocenters. The lowest BCUT2D eigenvalue weighted by Crippen LogP contribution is -2.48. The average Bonchev–Trinajstić information content (AvgIpc) is 2.44. The van der Waals surface area contributed by atoms with Crippen LogP contribution in [0.3, 0.4) is 0 Å². The molecule has 1 aromatic rings. The molecule has 0 unspecified atom stereocenters. The molecule has 21 heavy (non-hydrogen) atoms. The quantitative estimate of drug-likeness (QED) is 0.644. The van der Waals surface area contributed by atoms with Crippen molar-refractivity contribution in [1.29, 1.82) is 0 Å². The predicted octanol–water partition coefficient (Wildman–Crippen LogP) is 1.96. The molecule has 0 amide bonds. The van der Waals surface area contributed by atoms with Crippen LogP contribution in [-0.2, 0) is 11.3 Å². The zero-order chi connectivity index (χ0) is 15.3. The van der Waals surface area contributed by atoms with Crippen LogP contribution >= 0.6 is 12.6 Å². The molecule has 0 aliphatic carbocycles. The predicted molar refractivity (Wildman–Crippen MR) is 88.4 cm³/mol. The molecule has 1 aliphatic heterocycles.